The molecule has 1 heterocycles. The van der Waals surface area contributed by atoms with Crippen LogP contribution in [0.5, 0.6) is 0 Å². The summed E-state index contributed by atoms with van der Waals surface area (Å²) in [6.45, 7) is 13.4. The van der Waals surface area contributed by atoms with Crippen molar-refractivity contribution < 1.29 is 22.8 Å². The minimum atomic E-state index is -2.78. The van der Waals surface area contributed by atoms with E-state index in [1.807, 2.05) is 13.8 Å². The van der Waals surface area contributed by atoms with E-state index in [-0.39, 0.29) is 6.10 Å². The van der Waals surface area contributed by atoms with Gasteiger partial charge in [-0.1, -0.05) is 71.6 Å². The van der Waals surface area contributed by atoms with Gasteiger partial charge in [0.15, 0.2) is 5.79 Å². The van der Waals surface area contributed by atoms with Gasteiger partial charge in [-0.05, 0) is 40.0 Å². The number of unbranched alkanes of at least 4 members (excludes halogenated alkanes) is 9. The first-order chi connectivity index (χ1) is 15.1. The lowest BCUT2D eigenvalue weighted by molar-refractivity contribution is -0.308. The average Bonchev–Trinajstić information content (AvgIpc) is 2.77. The molecule has 1 aliphatic rings. The van der Waals surface area contributed by atoms with Crippen molar-refractivity contribution in [3.8, 4) is 0 Å². The molecule has 0 bridgehead atoms. The zero-order valence-electron chi connectivity index (χ0n) is 21.3. The fourth-order valence-corrected chi connectivity index (χ4v) is 7.29. The van der Waals surface area contributed by atoms with Crippen LogP contribution in [0.1, 0.15) is 118 Å². The monoisotopic (exact) mass is 460 g/mol. The molecule has 0 saturated carbocycles. The zero-order valence-corrected chi connectivity index (χ0v) is 22.3. The van der Waals surface area contributed by atoms with E-state index in [0.29, 0.717) is 13.2 Å². The molecular weight excluding hydrogens is 408 g/mol. The first-order valence-electron chi connectivity index (χ1n) is 13.3. The van der Waals surface area contributed by atoms with Crippen LogP contribution < -0.4 is 0 Å². The molecule has 1 saturated heterocycles. The summed E-state index contributed by atoms with van der Waals surface area (Å²) in [5, 5.41) is 0. The Kier molecular flexibility index (Phi) is 16.4. The molecule has 0 N–H and O–H groups in total. The summed E-state index contributed by atoms with van der Waals surface area (Å²) < 4.78 is 31.7. The molecule has 1 rings (SSSR count). The van der Waals surface area contributed by atoms with Crippen molar-refractivity contribution in [1.82, 2.24) is 0 Å². The molecule has 0 spiro atoms. The Bertz CT molecular complexity index is 409. The van der Waals surface area contributed by atoms with E-state index in [1.165, 1.54) is 57.8 Å². The highest BCUT2D eigenvalue weighted by Gasteiger charge is 2.49. The molecule has 31 heavy (non-hydrogen) atoms. The summed E-state index contributed by atoms with van der Waals surface area (Å²) in [4.78, 5) is 0. The van der Waals surface area contributed by atoms with Gasteiger partial charge >= 0.3 is 8.80 Å². The molecule has 6 heteroatoms. The molecule has 1 fully saturated rings. The Morgan fingerprint density at radius 1 is 0.742 bits per heavy atom. The van der Waals surface area contributed by atoms with Crippen LogP contribution in [-0.2, 0) is 22.8 Å². The molecule has 0 aromatic rings. The maximum absolute atomic E-state index is 6.71. The normalized spacial score (nSPS) is 17.7. The van der Waals surface area contributed by atoms with E-state index < -0.39 is 14.6 Å². The number of ether oxygens (including phenoxy) is 2. The summed E-state index contributed by atoms with van der Waals surface area (Å²) in [7, 11) is -2.78. The summed E-state index contributed by atoms with van der Waals surface area (Å²) in [6, 6.07) is 0.873. The second-order valence-electron chi connectivity index (χ2n) is 8.85. The first-order valence-corrected chi connectivity index (χ1v) is 15.2. The zero-order chi connectivity index (χ0) is 22.8. The average molecular weight is 461 g/mol. The van der Waals surface area contributed by atoms with Gasteiger partial charge < -0.3 is 22.8 Å². The van der Waals surface area contributed by atoms with Crippen molar-refractivity contribution in [3.05, 3.63) is 0 Å². The molecule has 0 radical (unpaired) electrons. The molecule has 1 unspecified atom stereocenters. The number of hydrogen-bond acceptors (Lipinski definition) is 5. The highest BCUT2D eigenvalue weighted by Crippen LogP contribution is 2.34. The smallest absolute Gasteiger partial charge is 0.374 e. The van der Waals surface area contributed by atoms with E-state index in [0.717, 1.165) is 44.9 Å². The lowest BCUT2D eigenvalue weighted by Crippen LogP contribution is -2.57. The van der Waals surface area contributed by atoms with Gasteiger partial charge in [-0.2, -0.15) is 0 Å². The maximum atomic E-state index is 6.71. The molecule has 0 aromatic carbocycles. The fourth-order valence-electron chi connectivity index (χ4n) is 4.38. The minimum absolute atomic E-state index is 0.205. The van der Waals surface area contributed by atoms with Gasteiger partial charge in [-0.15, -0.1) is 0 Å². The van der Waals surface area contributed by atoms with Gasteiger partial charge in [0.05, 0.1) is 13.2 Å². The van der Waals surface area contributed by atoms with Crippen molar-refractivity contribution in [2.24, 2.45) is 0 Å². The van der Waals surface area contributed by atoms with Crippen LogP contribution in [-0.4, -0.2) is 47.1 Å². The van der Waals surface area contributed by atoms with Gasteiger partial charge in [-0.25, -0.2) is 0 Å². The van der Waals surface area contributed by atoms with E-state index in [1.54, 1.807) is 0 Å². The summed E-state index contributed by atoms with van der Waals surface area (Å²) in [5.41, 5.74) is 0. The molecule has 186 valence electrons. The third kappa shape index (κ3) is 11.1. The molecule has 1 aliphatic heterocycles. The highest BCUT2D eigenvalue weighted by molar-refractivity contribution is 6.60. The van der Waals surface area contributed by atoms with Crippen molar-refractivity contribution >= 4 is 8.80 Å². The Morgan fingerprint density at radius 2 is 1.26 bits per heavy atom. The third-order valence-electron chi connectivity index (χ3n) is 6.15. The van der Waals surface area contributed by atoms with Crippen LogP contribution in [0, 0.1) is 0 Å². The largest absolute Gasteiger partial charge is 0.501 e. The predicted octanol–water partition coefficient (Wildman–Crippen LogP) is 7.26. The first kappa shape index (κ1) is 29.0. The van der Waals surface area contributed by atoms with Gasteiger partial charge in [0.1, 0.15) is 6.10 Å². The highest BCUT2D eigenvalue weighted by atomic mass is 28.4. The molecule has 1 atom stereocenters. The summed E-state index contributed by atoms with van der Waals surface area (Å²) in [5.74, 6) is -0.669. The fraction of sp³-hybridized carbons (Fsp3) is 1.00. The Labute approximate surface area is 194 Å². The molecular formula is C25H52O5Si. The van der Waals surface area contributed by atoms with E-state index in [9.17, 15) is 0 Å². The SMILES string of the molecule is CCCCCCCC[Si](OCC)(OCC)OC(C)C1(CCCCCCC)OCCCO1. The van der Waals surface area contributed by atoms with E-state index in [2.05, 4.69) is 20.8 Å². The quantitative estimate of drug-likeness (QED) is 0.141. The second-order valence-corrected chi connectivity index (χ2v) is 11.5. The van der Waals surface area contributed by atoms with E-state index >= 15 is 0 Å². The van der Waals surface area contributed by atoms with Crippen LogP contribution in [0.25, 0.3) is 0 Å². The van der Waals surface area contributed by atoms with Gasteiger partial charge in [0.2, 0.25) is 0 Å². The van der Waals surface area contributed by atoms with Gasteiger partial charge in [-0.3, -0.25) is 0 Å². The second kappa shape index (κ2) is 17.5. The Balaban J connectivity index is 2.76. The Hall–Kier alpha value is 0.0169. The van der Waals surface area contributed by atoms with Crippen LogP contribution in [0.4, 0.5) is 0 Å². The Morgan fingerprint density at radius 3 is 1.81 bits per heavy atom. The van der Waals surface area contributed by atoms with Gasteiger partial charge in [0.25, 0.3) is 0 Å². The van der Waals surface area contributed by atoms with Gasteiger partial charge in [0, 0.05) is 25.7 Å². The van der Waals surface area contributed by atoms with Crippen LogP contribution in [0.15, 0.2) is 0 Å². The number of rotatable bonds is 20. The standard InChI is InChI=1S/C25H52O5Si/c1-6-10-12-14-16-18-23-31(28-8-3,29-9-4)30-24(5)25(26-21-19-22-27-25)20-17-15-13-11-7-2/h24H,6-23H2,1-5H3. The number of hydrogen-bond donors (Lipinski definition) is 0. The van der Waals surface area contributed by atoms with Crippen LogP contribution >= 0.6 is 0 Å². The minimum Gasteiger partial charge on any atom is -0.374 e. The lowest BCUT2D eigenvalue weighted by Gasteiger charge is -2.44. The summed E-state index contributed by atoms with van der Waals surface area (Å²) in [6.07, 6.45) is 15.2. The summed E-state index contributed by atoms with van der Waals surface area (Å²) >= 11 is 0. The van der Waals surface area contributed by atoms with Crippen molar-refractivity contribution in [3.63, 3.8) is 0 Å². The molecule has 5 nitrogen and oxygen atoms in total. The molecule has 0 aromatic heterocycles. The molecule has 0 aliphatic carbocycles. The van der Waals surface area contributed by atoms with Crippen LogP contribution in [0.3, 0.4) is 0 Å². The van der Waals surface area contributed by atoms with Crippen LogP contribution in [0.2, 0.25) is 6.04 Å². The predicted molar refractivity (Wildman–Crippen MR) is 130 cm³/mol. The van der Waals surface area contributed by atoms with Crippen molar-refractivity contribution in [1.29, 1.82) is 0 Å². The molecule has 0 amide bonds. The van der Waals surface area contributed by atoms with Crippen molar-refractivity contribution in [2.45, 2.75) is 136 Å². The van der Waals surface area contributed by atoms with E-state index in [4.69, 9.17) is 22.8 Å². The topological polar surface area (TPSA) is 46.2 Å². The third-order valence-corrected chi connectivity index (χ3v) is 9.29. The van der Waals surface area contributed by atoms with Crippen molar-refractivity contribution in [2.75, 3.05) is 26.4 Å². The lowest BCUT2D eigenvalue weighted by atomic mass is 10.0. The maximum Gasteiger partial charge on any atom is 0.501 e.